The highest BCUT2D eigenvalue weighted by molar-refractivity contribution is 6.82. The molecule has 0 rings (SSSR count). The molecule has 3 nitrogen and oxygen atoms in total. The van der Waals surface area contributed by atoms with E-state index < -0.39 is 25.0 Å². The molecule has 0 bridgehead atoms. The Morgan fingerprint density at radius 2 is 0.821 bits per heavy atom. The average Bonchev–Trinajstić information content (AvgIpc) is 2.66. The maximum Gasteiger partial charge on any atom is 0.500 e. The summed E-state index contributed by atoms with van der Waals surface area (Å²) in [5.41, 5.74) is 0. The van der Waals surface area contributed by atoms with E-state index in [9.17, 15) is 0 Å². The Morgan fingerprint density at radius 1 is 0.464 bits per heavy atom. The number of rotatable bonds is 19. The van der Waals surface area contributed by atoms with Gasteiger partial charge in [-0.2, -0.15) is 0 Å². The van der Waals surface area contributed by atoms with Crippen LogP contribution in [0.2, 0.25) is 56.4 Å². The Labute approximate surface area is 180 Å². The van der Waals surface area contributed by atoms with Crippen molar-refractivity contribution in [2.75, 3.05) is 21.3 Å². The molecule has 0 aliphatic carbocycles. The van der Waals surface area contributed by atoms with Gasteiger partial charge in [-0.1, -0.05) is 109 Å². The van der Waals surface area contributed by atoms with Crippen LogP contribution in [-0.2, 0) is 13.3 Å². The molecular formula is C22H52O3Si3. The van der Waals surface area contributed by atoms with E-state index in [1.165, 1.54) is 57.4 Å². The van der Waals surface area contributed by atoms with E-state index in [0.29, 0.717) is 0 Å². The molecule has 0 heterocycles. The van der Waals surface area contributed by atoms with Crippen molar-refractivity contribution in [2.24, 2.45) is 0 Å². The molecule has 170 valence electrons. The topological polar surface area (TPSA) is 27.7 Å². The first kappa shape index (κ1) is 28.5. The van der Waals surface area contributed by atoms with Crippen LogP contribution in [0.1, 0.15) is 64.7 Å². The van der Waals surface area contributed by atoms with Crippen LogP contribution in [0.15, 0.2) is 0 Å². The van der Waals surface area contributed by atoms with E-state index in [1.807, 2.05) is 0 Å². The smallest absolute Gasteiger partial charge is 0.377 e. The molecule has 0 aliphatic rings. The molecular weight excluding hydrogens is 396 g/mol. The summed E-state index contributed by atoms with van der Waals surface area (Å²) in [5, 5.41) is 0. The second-order valence-corrected chi connectivity index (χ2v) is 23.9. The molecule has 0 radical (unpaired) electrons. The predicted molar refractivity (Wildman–Crippen MR) is 133 cm³/mol. The lowest BCUT2D eigenvalue weighted by atomic mass is 10.1. The van der Waals surface area contributed by atoms with Crippen molar-refractivity contribution in [3.05, 3.63) is 0 Å². The minimum Gasteiger partial charge on any atom is -0.377 e. The zero-order valence-electron chi connectivity index (χ0n) is 20.6. The number of unbranched alkanes of at least 4 members (excludes halogenated alkanes) is 7. The van der Waals surface area contributed by atoms with E-state index >= 15 is 0 Å². The van der Waals surface area contributed by atoms with Gasteiger partial charge in [0.15, 0.2) is 0 Å². The highest BCUT2D eigenvalue weighted by Crippen LogP contribution is 2.29. The molecule has 28 heavy (non-hydrogen) atoms. The summed E-state index contributed by atoms with van der Waals surface area (Å²) >= 11 is 0. The number of hydrogen-bond donors (Lipinski definition) is 0. The lowest BCUT2D eigenvalue weighted by Crippen LogP contribution is -2.42. The minimum atomic E-state index is -2.34. The summed E-state index contributed by atoms with van der Waals surface area (Å²) in [6.45, 7) is 12.8. The van der Waals surface area contributed by atoms with Gasteiger partial charge in [0.2, 0.25) is 0 Å². The first-order valence-electron chi connectivity index (χ1n) is 11.8. The molecule has 6 heteroatoms. The predicted octanol–water partition coefficient (Wildman–Crippen LogP) is 7.81. The molecule has 0 atom stereocenters. The lowest BCUT2D eigenvalue weighted by Gasteiger charge is -2.29. The van der Waals surface area contributed by atoms with Gasteiger partial charge in [0.05, 0.1) is 0 Å². The summed E-state index contributed by atoms with van der Waals surface area (Å²) in [7, 11) is 0.857. The van der Waals surface area contributed by atoms with Crippen LogP contribution in [0.5, 0.6) is 0 Å². The van der Waals surface area contributed by atoms with E-state index in [1.54, 1.807) is 39.5 Å². The molecule has 0 saturated carbocycles. The Morgan fingerprint density at radius 3 is 1.21 bits per heavy atom. The third-order valence-electron chi connectivity index (χ3n) is 6.46. The van der Waals surface area contributed by atoms with E-state index in [2.05, 4.69) is 33.1 Å². The number of hydrogen-bond acceptors (Lipinski definition) is 3. The largest absolute Gasteiger partial charge is 0.500 e. The summed E-state index contributed by atoms with van der Waals surface area (Å²) < 4.78 is 16.5. The third-order valence-corrected chi connectivity index (χ3v) is 16.4. The van der Waals surface area contributed by atoms with Gasteiger partial charge in [-0.3, -0.25) is 0 Å². The standard InChI is InChI=1S/C22H52O3Si3/c1-9-10-15-18-26(5,6)21-22-27(7,8)19-16-13-11-12-14-17-20-28(23-2,24-3)25-4/h9-22H2,1-8H3. The van der Waals surface area contributed by atoms with Gasteiger partial charge < -0.3 is 13.3 Å². The van der Waals surface area contributed by atoms with Crippen LogP contribution < -0.4 is 0 Å². The van der Waals surface area contributed by atoms with Crippen LogP contribution in [0.4, 0.5) is 0 Å². The fourth-order valence-corrected chi connectivity index (χ4v) is 14.1. The second-order valence-electron chi connectivity index (χ2n) is 10.2. The molecule has 0 amide bonds. The van der Waals surface area contributed by atoms with Gasteiger partial charge in [-0.25, -0.2) is 0 Å². The SMILES string of the molecule is CCCCC[Si](C)(C)CC[Si](C)(C)CCCCCCCC[Si](OC)(OC)OC. The van der Waals surface area contributed by atoms with E-state index in [0.717, 1.165) is 12.5 Å². The first-order chi connectivity index (χ1) is 13.2. The summed E-state index contributed by atoms with van der Waals surface area (Å²) in [6, 6.07) is 7.15. The summed E-state index contributed by atoms with van der Waals surface area (Å²) in [6.07, 6.45) is 12.3. The Balaban J connectivity index is 3.83. The van der Waals surface area contributed by atoms with Gasteiger partial charge in [0, 0.05) is 43.5 Å². The van der Waals surface area contributed by atoms with Crippen molar-refractivity contribution in [1.29, 1.82) is 0 Å². The fraction of sp³-hybridized carbons (Fsp3) is 1.00. The van der Waals surface area contributed by atoms with Crippen molar-refractivity contribution < 1.29 is 13.3 Å². The van der Waals surface area contributed by atoms with Gasteiger partial charge in [0.25, 0.3) is 0 Å². The van der Waals surface area contributed by atoms with Crippen molar-refractivity contribution in [3.8, 4) is 0 Å². The molecule has 0 aromatic carbocycles. The van der Waals surface area contributed by atoms with Crippen LogP contribution >= 0.6 is 0 Å². The highest BCUT2D eigenvalue weighted by atomic mass is 28.4. The van der Waals surface area contributed by atoms with Gasteiger partial charge in [-0.15, -0.1) is 0 Å². The van der Waals surface area contributed by atoms with Crippen LogP contribution in [0, 0.1) is 0 Å². The van der Waals surface area contributed by atoms with Crippen LogP contribution in [-0.4, -0.2) is 46.3 Å². The third kappa shape index (κ3) is 13.7. The van der Waals surface area contributed by atoms with E-state index in [-0.39, 0.29) is 0 Å². The first-order valence-corrected chi connectivity index (χ1v) is 20.6. The minimum absolute atomic E-state index is 0.938. The normalized spacial score (nSPS) is 13.3. The second kappa shape index (κ2) is 15.3. The zero-order chi connectivity index (χ0) is 21.5. The lowest BCUT2D eigenvalue weighted by molar-refractivity contribution is 0.122. The maximum atomic E-state index is 5.49. The monoisotopic (exact) mass is 448 g/mol. The summed E-state index contributed by atoms with van der Waals surface area (Å²) in [4.78, 5) is 0. The molecule has 0 N–H and O–H groups in total. The van der Waals surface area contributed by atoms with Crippen molar-refractivity contribution in [1.82, 2.24) is 0 Å². The average molecular weight is 449 g/mol. The Kier molecular flexibility index (Phi) is 15.6. The molecule has 0 fully saturated rings. The van der Waals surface area contributed by atoms with Crippen molar-refractivity contribution in [3.63, 3.8) is 0 Å². The molecule has 0 aliphatic heterocycles. The zero-order valence-corrected chi connectivity index (χ0v) is 23.6. The molecule has 0 aromatic heterocycles. The molecule has 0 unspecified atom stereocenters. The molecule has 0 spiro atoms. The van der Waals surface area contributed by atoms with Gasteiger partial charge >= 0.3 is 8.80 Å². The van der Waals surface area contributed by atoms with Crippen LogP contribution in [0.25, 0.3) is 0 Å². The quantitative estimate of drug-likeness (QED) is 0.149. The Hall–Kier alpha value is 0.531. The Bertz CT molecular complexity index is 364. The molecule has 0 saturated heterocycles. The summed E-state index contributed by atoms with van der Waals surface area (Å²) in [5.74, 6) is 0. The van der Waals surface area contributed by atoms with Crippen molar-refractivity contribution in [2.45, 2.75) is 121 Å². The highest BCUT2D eigenvalue weighted by Gasteiger charge is 2.36. The van der Waals surface area contributed by atoms with Crippen molar-refractivity contribution >= 4 is 25.0 Å². The molecule has 0 aromatic rings. The van der Waals surface area contributed by atoms with Gasteiger partial charge in [0.1, 0.15) is 0 Å². The maximum absolute atomic E-state index is 5.49. The van der Waals surface area contributed by atoms with Crippen LogP contribution in [0.3, 0.4) is 0 Å². The van der Waals surface area contributed by atoms with E-state index in [4.69, 9.17) is 13.3 Å². The van der Waals surface area contributed by atoms with Gasteiger partial charge in [-0.05, 0) is 6.42 Å². The fourth-order valence-electron chi connectivity index (χ4n) is 3.99.